The average molecular weight is 248 g/mol. The zero-order chi connectivity index (χ0) is 13.1. The summed E-state index contributed by atoms with van der Waals surface area (Å²) < 4.78 is 5.40. The predicted octanol–water partition coefficient (Wildman–Crippen LogP) is 2.36. The van der Waals surface area contributed by atoms with E-state index in [1.807, 2.05) is 6.92 Å². The van der Waals surface area contributed by atoms with Gasteiger partial charge in [0.15, 0.2) is 0 Å². The first-order chi connectivity index (χ1) is 8.37. The number of ether oxygens (including phenoxy) is 1. The summed E-state index contributed by atoms with van der Waals surface area (Å²) in [5.74, 6) is -0.297. The summed E-state index contributed by atoms with van der Waals surface area (Å²) in [5.41, 5.74) is 0.594. The molecule has 0 radical (unpaired) electrons. The van der Waals surface area contributed by atoms with E-state index >= 15 is 0 Å². The first-order valence-corrected chi connectivity index (χ1v) is 6.67. The van der Waals surface area contributed by atoms with Crippen molar-refractivity contribution in [1.29, 1.82) is 0 Å². The van der Waals surface area contributed by atoms with Crippen molar-refractivity contribution in [1.82, 2.24) is 0 Å². The van der Waals surface area contributed by atoms with Crippen LogP contribution in [-0.4, -0.2) is 22.8 Å². The summed E-state index contributed by atoms with van der Waals surface area (Å²) in [6.45, 7) is 7.95. The van der Waals surface area contributed by atoms with Gasteiger partial charge < -0.3 is 9.84 Å². The highest BCUT2D eigenvalue weighted by Crippen LogP contribution is 2.57. The van der Waals surface area contributed by atoms with Crippen molar-refractivity contribution in [2.24, 2.45) is 11.3 Å². The Morgan fingerprint density at radius 1 is 1.50 bits per heavy atom. The van der Waals surface area contributed by atoms with Crippen LogP contribution in [0.25, 0.3) is 0 Å². The predicted molar refractivity (Wildman–Crippen MR) is 67.8 cm³/mol. The van der Waals surface area contributed by atoms with E-state index in [1.54, 1.807) is 0 Å². The fourth-order valence-electron chi connectivity index (χ4n) is 4.01. The highest BCUT2D eigenvalue weighted by Gasteiger charge is 2.59. The van der Waals surface area contributed by atoms with Gasteiger partial charge in [-0.25, -0.2) is 4.79 Å². The lowest BCUT2D eigenvalue weighted by atomic mass is 9.54. The van der Waals surface area contributed by atoms with Gasteiger partial charge >= 0.3 is 5.97 Å². The monoisotopic (exact) mass is 248 g/mol. The average Bonchev–Trinajstić information content (AvgIpc) is 2.55. The van der Waals surface area contributed by atoms with Crippen molar-refractivity contribution >= 4 is 5.97 Å². The molecule has 1 aliphatic heterocycles. The lowest BCUT2D eigenvalue weighted by Crippen LogP contribution is -2.56. The first-order valence-electron chi connectivity index (χ1n) is 6.67. The summed E-state index contributed by atoms with van der Waals surface area (Å²) in [4.78, 5) is 11.6. The van der Waals surface area contributed by atoms with Gasteiger partial charge in [0.2, 0.25) is 0 Å². The molecule has 4 atom stereocenters. The summed E-state index contributed by atoms with van der Waals surface area (Å²) >= 11 is 0. The number of allylic oxidation sites excluding steroid dienone is 1. The van der Waals surface area contributed by atoms with Gasteiger partial charge in [-0.2, -0.15) is 0 Å². The Bertz CT molecular complexity index is 464. The molecular formula is C15H20O3. The van der Waals surface area contributed by atoms with Crippen LogP contribution in [-0.2, 0) is 9.53 Å². The summed E-state index contributed by atoms with van der Waals surface area (Å²) in [5, 5.41) is 11.1. The number of esters is 1. The minimum absolute atomic E-state index is 0.0166. The van der Waals surface area contributed by atoms with Crippen molar-refractivity contribution in [3.63, 3.8) is 0 Å². The topological polar surface area (TPSA) is 46.5 Å². The zero-order valence-electron chi connectivity index (χ0n) is 11.0. The molecule has 18 heavy (non-hydrogen) atoms. The van der Waals surface area contributed by atoms with E-state index in [2.05, 4.69) is 19.6 Å². The molecule has 0 aromatic carbocycles. The number of carbonyl (C=O) groups excluding carboxylic acids is 1. The molecular weight excluding hydrogens is 228 g/mol. The van der Waals surface area contributed by atoms with Crippen molar-refractivity contribution < 1.29 is 14.6 Å². The Balaban J connectivity index is 2.02. The fourth-order valence-corrected chi connectivity index (χ4v) is 4.01. The third kappa shape index (κ3) is 1.31. The van der Waals surface area contributed by atoms with E-state index in [0.29, 0.717) is 12.0 Å². The second kappa shape index (κ2) is 3.47. The zero-order valence-corrected chi connectivity index (χ0v) is 11.0. The quantitative estimate of drug-likeness (QED) is 0.406. The van der Waals surface area contributed by atoms with E-state index in [0.717, 1.165) is 24.8 Å². The van der Waals surface area contributed by atoms with E-state index in [4.69, 9.17) is 4.74 Å². The molecule has 3 rings (SSSR count). The number of hydrogen-bond acceptors (Lipinski definition) is 3. The molecule has 0 unspecified atom stereocenters. The van der Waals surface area contributed by atoms with Gasteiger partial charge in [-0.3, -0.25) is 0 Å². The van der Waals surface area contributed by atoms with Gasteiger partial charge in [0.05, 0.1) is 5.60 Å². The van der Waals surface area contributed by atoms with Crippen LogP contribution in [0, 0.1) is 11.3 Å². The van der Waals surface area contributed by atoms with Crippen LogP contribution < -0.4 is 0 Å². The van der Waals surface area contributed by atoms with Crippen molar-refractivity contribution in [2.45, 2.75) is 51.2 Å². The third-order valence-electron chi connectivity index (χ3n) is 5.38. The first kappa shape index (κ1) is 12.0. The van der Waals surface area contributed by atoms with Crippen LogP contribution in [0.1, 0.15) is 39.5 Å². The largest absolute Gasteiger partial charge is 0.458 e. The van der Waals surface area contributed by atoms with Gasteiger partial charge in [-0.15, -0.1) is 0 Å². The highest BCUT2D eigenvalue weighted by molar-refractivity contribution is 5.91. The molecule has 3 aliphatic rings. The molecule has 1 saturated carbocycles. The van der Waals surface area contributed by atoms with Gasteiger partial charge in [-0.05, 0) is 38.2 Å². The Hall–Kier alpha value is -1.09. The molecule has 3 heteroatoms. The molecule has 1 N–H and O–H groups in total. The maximum absolute atomic E-state index is 11.6. The van der Waals surface area contributed by atoms with E-state index < -0.39 is 5.60 Å². The molecule has 2 fully saturated rings. The van der Waals surface area contributed by atoms with Gasteiger partial charge in [0.1, 0.15) is 6.10 Å². The Morgan fingerprint density at radius 3 is 2.94 bits per heavy atom. The number of rotatable bonds is 0. The number of carbonyl (C=O) groups is 1. The number of aliphatic hydroxyl groups is 1. The lowest BCUT2D eigenvalue weighted by molar-refractivity contribution is -0.153. The maximum atomic E-state index is 11.6. The lowest BCUT2D eigenvalue weighted by Gasteiger charge is -2.54. The second-order valence-electron chi connectivity index (χ2n) is 6.33. The summed E-state index contributed by atoms with van der Waals surface area (Å²) in [6.07, 6.45) is 5.31. The maximum Gasteiger partial charge on any atom is 0.334 e. The van der Waals surface area contributed by atoms with Crippen molar-refractivity contribution in [2.75, 3.05) is 0 Å². The Labute approximate surface area is 108 Å². The standard InChI is InChI=1S/C15H20O3/c1-9-5-4-6-14(3)8-12-11(7-15(9,14)17)10(2)13(16)18-12/h5,11-12,17H,2,4,6-8H2,1,3H3/t11-,12-,14-,15-/m0/s1. The van der Waals surface area contributed by atoms with Crippen LogP contribution >= 0.6 is 0 Å². The Morgan fingerprint density at radius 2 is 2.22 bits per heavy atom. The van der Waals surface area contributed by atoms with Crippen LogP contribution in [0.5, 0.6) is 0 Å². The molecule has 98 valence electrons. The van der Waals surface area contributed by atoms with Crippen LogP contribution in [0.4, 0.5) is 0 Å². The Kier molecular flexibility index (Phi) is 2.31. The van der Waals surface area contributed by atoms with Gasteiger partial charge in [0, 0.05) is 16.9 Å². The van der Waals surface area contributed by atoms with Crippen molar-refractivity contribution in [3.05, 3.63) is 23.8 Å². The van der Waals surface area contributed by atoms with Crippen LogP contribution in [0.15, 0.2) is 23.8 Å². The third-order valence-corrected chi connectivity index (χ3v) is 5.38. The smallest absolute Gasteiger partial charge is 0.334 e. The molecule has 3 nitrogen and oxygen atoms in total. The van der Waals surface area contributed by atoms with Gasteiger partial charge in [0.25, 0.3) is 0 Å². The summed E-state index contributed by atoms with van der Waals surface area (Å²) in [7, 11) is 0. The minimum atomic E-state index is -0.802. The van der Waals surface area contributed by atoms with Crippen LogP contribution in [0.2, 0.25) is 0 Å². The second-order valence-corrected chi connectivity index (χ2v) is 6.33. The SMILES string of the molecule is C=C1C(=O)O[C@H]2C[C@]3(C)CCC=C(C)[C@@]3(O)C[C@@H]12. The van der Waals surface area contributed by atoms with Crippen LogP contribution in [0.3, 0.4) is 0 Å². The van der Waals surface area contributed by atoms with E-state index in [9.17, 15) is 9.90 Å². The molecule has 1 saturated heterocycles. The molecule has 2 aliphatic carbocycles. The normalized spacial score (nSPS) is 47.2. The van der Waals surface area contributed by atoms with E-state index in [1.165, 1.54) is 0 Å². The fraction of sp³-hybridized carbons (Fsp3) is 0.667. The van der Waals surface area contributed by atoms with Crippen molar-refractivity contribution in [3.8, 4) is 0 Å². The molecule has 0 bridgehead atoms. The number of fused-ring (bicyclic) bond motifs is 2. The molecule has 1 heterocycles. The molecule has 0 spiro atoms. The van der Waals surface area contributed by atoms with Gasteiger partial charge in [-0.1, -0.05) is 19.6 Å². The molecule has 0 amide bonds. The molecule has 0 aromatic rings. The highest BCUT2D eigenvalue weighted by atomic mass is 16.6. The summed E-state index contributed by atoms with van der Waals surface area (Å²) in [6, 6.07) is 0. The molecule has 0 aromatic heterocycles. The van der Waals surface area contributed by atoms with E-state index in [-0.39, 0.29) is 23.4 Å². The minimum Gasteiger partial charge on any atom is -0.458 e. The number of hydrogen-bond donors (Lipinski definition) is 1.